The highest BCUT2D eigenvalue weighted by Crippen LogP contribution is 2.29. The molecule has 0 saturated heterocycles. The van der Waals surface area contributed by atoms with E-state index < -0.39 is 17.8 Å². The fourth-order valence-electron chi connectivity index (χ4n) is 1.86. The molecule has 1 aromatic carbocycles. The van der Waals surface area contributed by atoms with Crippen LogP contribution in [0.1, 0.15) is 38.3 Å². The van der Waals surface area contributed by atoms with Gasteiger partial charge in [-0.25, -0.2) is 0 Å². The molecule has 0 aromatic heterocycles. The summed E-state index contributed by atoms with van der Waals surface area (Å²) in [5.74, 6) is -0.666. The third-order valence-electron chi connectivity index (χ3n) is 3.59. The molecular formula is C16H20F3NO2. The molecule has 0 aliphatic rings. The smallest absolute Gasteiger partial charge is 0.346 e. The lowest BCUT2D eigenvalue weighted by Gasteiger charge is -2.18. The molecule has 1 aromatic rings. The lowest BCUT2D eigenvalue weighted by atomic mass is 10.0. The van der Waals surface area contributed by atoms with Crippen LogP contribution >= 0.6 is 0 Å². The Labute approximate surface area is 127 Å². The third-order valence-corrected chi connectivity index (χ3v) is 3.59. The first-order valence-electron chi connectivity index (χ1n) is 7.12. The Kier molecular flexibility index (Phi) is 6.14. The summed E-state index contributed by atoms with van der Waals surface area (Å²) in [6.07, 6.45) is -3.56. The Hall–Kier alpha value is -1.85. The van der Waals surface area contributed by atoms with E-state index in [-0.39, 0.29) is 24.0 Å². The van der Waals surface area contributed by atoms with E-state index in [9.17, 15) is 22.8 Å². The third kappa shape index (κ3) is 5.16. The molecule has 0 heterocycles. The summed E-state index contributed by atoms with van der Waals surface area (Å²) in [5, 5.41) is 2.65. The minimum atomic E-state index is -4.39. The number of nitrogens with one attached hydrogen (secondary N) is 1. The van der Waals surface area contributed by atoms with Crippen LogP contribution in [0.2, 0.25) is 0 Å². The molecule has 0 bridgehead atoms. The van der Waals surface area contributed by atoms with Crippen molar-refractivity contribution in [1.29, 1.82) is 0 Å². The number of alkyl halides is 3. The zero-order valence-electron chi connectivity index (χ0n) is 12.8. The van der Waals surface area contributed by atoms with Crippen LogP contribution in [0.5, 0.6) is 0 Å². The second-order valence-corrected chi connectivity index (χ2v) is 5.38. The molecule has 122 valence electrons. The van der Waals surface area contributed by atoms with Crippen molar-refractivity contribution >= 4 is 11.7 Å². The van der Waals surface area contributed by atoms with Crippen molar-refractivity contribution in [3.05, 3.63) is 35.4 Å². The van der Waals surface area contributed by atoms with Crippen LogP contribution in [-0.4, -0.2) is 17.7 Å². The summed E-state index contributed by atoms with van der Waals surface area (Å²) in [7, 11) is 0. The highest BCUT2D eigenvalue weighted by atomic mass is 19.4. The number of halogens is 3. The second-order valence-electron chi connectivity index (χ2n) is 5.38. The van der Waals surface area contributed by atoms with Crippen LogP contribution in [0.4, 0.5) is 13.2 Å². The van der Waals surface area contributed by atoms with E-state index in [2.05, 4.69) is 5.32 Å². The maximum absolute atomic E-state index is 12.5. The number of amides is 1. The van der Waals surface area contributed by atoms with E-state index in [0.29, 0.717) is 12.0 Å². The maximum atomic E-state index is 12.5. The molecule has 3 nitrogen and oxygen atoms in total. The molecule has 22 heavy (non-hydrogen) atoms. The quantitative estimate of drug-likeness (QED) is 0.875. The van der Waals surface area contributed by atoms with Crippen molar-refractivity contribution in [1.82, 2.24) is 5.32 Å². The number of hydrogen-bond acceptors (Lipinski definition) is 2. The van der Waals surface area contributed by atoms with Gasteiger partial charge in [-0.15, -0.1) is 0 Å². The largest absolute Gasteiger partial charge is 0.416 e. The van der Waals surface area contributed by atoms with E-state index in [4.69, 9.17) is 0 Å². The van der Waals surface area contributed by atoms with Gasteiger partial charge < -0.3 is 5.32 Å². The predicted molar refractivity (Wildman–Crippen MR) is 77.2 cm³/mol. The van der Waals surface area contributed by atoms with Gasteiger partial charge in [-0.05, 0) is 37.5 Å². The predicted octanol–water partition coefficient (Wildman–Crippen LogP) is 3.37. The monoisotopic (exact) mass is 315 g/mol. The Balaban J connectivity index is 2.79. The van der Waals surface area contributed by atoms with E-state index >= 15 is 0 Å². The standard InChI is InChI=1S/C16H20F3NO2/c1-4-10(2)15(22)20-14(11(3)21)9-12-5-7-13(8-6-12)16(17,18)19/h5-8,10,14H,4,9H2,1-3H3,(H,20,22)/t10-,14+/m0/s1. The number of hydrogen-bond donors (Lipinski definition) is 1. The molecule has 0 aliphatic carbocycles. The molecule has 0 aliphatic heterocycles. The Morgan fingerprint density at radius 3 is 2.14 bits per heavy atom. The first kappa shape index (κ1) is 18.2. The number of rotatable bonds is 6. The molecule has 2 atom stereocenters. The molecule has 1 rings (SSSR count). The fourth-order valence-corrected chi connectivity index (χ4v) is 1.86. The summed E-state index contributed by atoms with van der Waals surface area (Å²) < 4.78 is 37.5. The zero-order chi connectivity index (χ0) is 16.9. The van der Waals surface area contributed by atoms with E-state index in [1.54, 1.807) is 6.92 Å². The molecule has 1 amide bonds. The minimum absolute atomic E-state index is 0.176. The van der Waals surface area contributed by atoms with Gasteiger partial charge in [0.1, 0.15) is 0 Å². The van der Waals surface area contributed by atoms with Crippen molar-refractivity contribution in [2.24, 2.45) is 5.92 Å². The Morgan fingerprint density at radius 2 is 1.73 bits per heavy atom. The van der Waals surface area contributed by atoms with Crippen LogP contribution in [0, 0.1) is 5.92 Å². The second kappa shape index (κ2) is 7.42. The number of carbonyl (C=O) groups excluding carboxylic acids is 2. The van der Waals surface area contributed by atoms with E-state index in [0.717, 1.165) is 12.1 Å². The van der Waals surface area contributed by atoms with Gasteiger partial charge in [0.2, 0.25) is 5.91 Å². The summed E-state index contributed by atoms with van der Waals surface area (Å²) >= 11 is 0. The lowest BCUT2D eigenvalue weighted by Crippen LogP contribution is -2.43. The van der Waals surface area contributed by atoms with Crippen molar-refractivity contribution < 1.29 is 22.8 Å². The van der Waals surface area contributed by atoms with Gasteiger partial charge in [0.15, 0.2) is 5.78 Å². The average Bonchev–Trinajstić information content (AvgIpc) is 2.45. The number of Topliss-reactive ketones (excluding diaryl/α,β-unsaturated/α-hetero) is 1. The van der Waals surface area contributed by atoms with E-state index in [1.165, 1.54) is 19.1 Å². The van der Waals surface area contributed by atoms with Crippen LogP contribution in [-0.2, 0) is 22.2 Å². The normalized spacial score (nSPS) is 14.3. The van der Waals surface area contributed by atoms with E-state index in [1.807, 2.05) is 6.92 Å². The molecule has 0 radical (unpaired) electrons. The Morgan fingerprint density at radius 1 is 1.18 bits per heavy atom. The van der Waals surface area contributed by atoms with Crippen molar-refractivity contribution in [3.8, 4) is 0 Å². The molecule has 6 heteroatoms. The lowest BCUT2D eigenvalue weighted by molar-refractivity contribution is -0.137. The molecule has 0 unspecified atom stereocenters. The molecular weight excluding hydrogens is 295 g/mol. The topological polar surface area (TPSA) is 46.2 Å². The number of carbonyl (C=O) groups is 2. The van der Waals surface area contributed by atoms with Crippen molar-refractivity contribution in [2.75, 3.05) is 0 Å². The molecule has 0 fully saturated rings. The molecule has 0 spiro atoms. The molecule has 1 N–H and O–H groups in total. The minimum Gasteiger partial charge on any atom is -0.346 e. The highest BCUT2D eigenvalue weighted by molar-refractivity contribution is 5.88. The number of benzene rings is 1. The van der Waals surface area contributed by atoms with Gasteiger partial charge in [-0.2, -0.15) is 13.2 Å². The zero-order valence-corrected chi connectivity index (χ0v) is 12.8. The van der Waals surface area contributed by atoms with Crippen LogP contribution < -0.4 is 5.32 Å². The highest BCUT2D eigenvalue weighted by Gasteiger charge is 2.30. The molecule has 0 saturated carbocycles. The fraction of sp³-hybridized carbons (Fsp3) is 0.500. The van der Waals surface area contributed by atoms with Crippen molar-refractivity contribution in [2.45, 2.75) is 45.8 Å². The van der Waals surface area contributed by atoms with Gasteiger partial charge in [0.05, 0.1) is 11.6 Å². The summed E-state index contributed by atoms with van der Waals surface area (Å²) in [4.78, 5) is 23.5. The summed E-state index contributed by atoms with van der Waals surface area (Å²) in [5.41, 5.74) is -0.170. The van der Waals surface area contributed by atoms with Crippen molar-refractivity contribution in [3.63, 3.8) is 0 Å². The summed E-state index contributed by atoms with van der Waals surface area (Å²) in [6, 6.07) is 3.88. The number of ketones is 1. The van der Waals surface area contributed by atoms with Gasteiger partial charge in [-0.3, -0.25) is 9.59 Å². The van der Waals surface area contributed by atoms with Gasteiger partial charge in [0.25, 0.3) is 0 Å². The van der Waals surface area contributed by atoms with Gasteiger partial charge in [0, 0.05) is 5.92 Å². The summed E-state index contributed by atoms with van der Waals surface area (Å²) in [6.45, 7) is 4.97. The first-order valence-corrected chi connectivity index (χ1v) is 7.12. The Bertz CT molecular complexity index is 523. The first-order chi connectivity index (χ1) is 10.1. The van der Waals surface area contributed by atoms with Crippen LogP contribution in [0.25, 0.3) is 0 Å². The average molecular weight is 315 g/mol. The van der Waals surface area contributed by atoms with Crippen LogP contribution in [0.15, 0.2) is 24.3 Å². The van der Waals surface area contributed by atoms with Gasteiger partial charge in [-0.1, -0.05) is 26.0 Å². The van der Waals surface area contributed by atoms with Gasteiger partial charge >= 0.3 is 6.18 Å². The SMILES string of the molecule is CC[C@H](C)C(=O)N[C@H](Cc1ccc(C(F)(F)F)cc1)C(C)=O. The maximum Gasteiger partial charge on any atom is 0.416 e. The van der Waals surface area contributed by atoms with Crippen LogP contribution in [0.3, 0.4) is 0 Å².